The summed E-state index contributed by atoms with van der Waals surface area (Å²) in [5.74, 6) is 0.949. The molecule has 0 saturated heterocycles. The number of imidazole rings is 1. The summed E-state index contributed by atoms with van der Waals surface area (Å²) in [6.07, 6.45) is 2.05. The van der Waals surface area contributed by atoms with Gasteiger partial charge in [0, 0.05) is 4.47 Å². The van der Waals surface area contributed by atoms with Crippen LogP contribution in [0, 0.1) is 0 Å². The predicted molar refractivity (Wildman–Crippen MR) is 119 cm³/mol. The highest BCUT2D eigenvalue weighted by Gasteiger charge is 2.30. The Kier molecular flexibility index (Phi) is 4.44. The maximum Gasteiger partial charge on any atom is 0.204 e. The van der Waals surface area contributed by atoms with Crippen molar-refractivity contribution in [3.05, 3.63) is 94.0 Å². The van der Waals surface area contributed by atoms with E-state index in [0.29, 0.717) is 0 Å². The summed E-state index contributed by atoms with van der Waals surface area (Å²) in [6, 6.07) is 26.6. The van der Waals surface area contributed by atoms with E-state index in [1.165, 1.54) is 22.2 Å². The van der Waals surface area contributed by atoms with Gasteiger partial charge >= 0.3 is 0 Å². The number of halogens is 1. The summed E-state index contributed by atoms with van der Waals surface area (Å²) >= 11 is 3.54. The lowest BCUT2D eigenvalue weighted by Gasteiger charge is -2.33. The average Bonchev–Trinajstić information content (AvgIpc) is 3.12. The number of aryl methyl sites for hydroxylation is 1. The van der Waals surface area contributed by atoms with Gasteiger partial charge < -0.3 is 9.88 Å². The Morgan fingerprint density at radius 1 is 0.964 bits per heavy atom. The molecule has 3 aromatic carbocycles. The molecule has 28 heavy (non-hydrogen) atoms. The molecule has 1 N–H and O–H groups in total. The van der Waals surface area contributed by atoms with Crippen LogP contribution in [-0.4, -0.2) is 9.55 Å². The Morgan fingerprint density at radius 3 is 2.43 bits per heavy atom. The number of rotatable bonds is 3. The van der Waals surface area contributed by atoms with E-state index in [-0.39, 0.29) is 12.1 Å². The number of fused-ring (bicyclic) bond motifs is 3. The van der Waals surface area contributed by atoms with Crippen molar-refractivity contribution in [3.8, 4) is 0 Å². The molecule has 2 heterocycles. The van der Waals surface area contributed by atoms with E-state index in [4.69, 9.17) is 4.98 Å². The van der Waals surface area contributed by atoms with E-state index in [2.05, 4.69) is 106 Å². The molecule has 3 nitrogen and oxygen atoms in total. The zero-order valence-electron chi connectivity index (χ0n) is 15.8. The normalized spacial score (nSPS) is 18.6. The monoisotopic (exact) mass is 431 g/mol. The summed E-state index contributed by atoms with van der Waals surface area (Å²) < 4.78 is 3.47. The minimum absolute atomic E-state index is 0.230. The van der Waals surface area contributed by atoms with Crippen LogP contribution in [0.3, 0.4) is 0 Å². The van der Waals surface area contributed by atoms with Gasteiger partial charge in [0.1, 0.15) is 0 Å². The van der Waals surface area contributed by atoms with Crippen molar-refractivity contribution in [1.82, 2.24) is 9.55 Å². The summed E-state index contributed by atoms with van der Waals surface area (Å²) in [5.41, 5.74) is 6.22. The second kappa shape index (κ2) is 7.10. The lowest BCUT2D eigenvalue weighted by Crippen LogP contribution is -2.27. The number of aromatic nitrogens is 2. The average molecular weight is 432 g/mol. The maximum absolute atomic E-state index is 4.90. The molecule has 0 radical (unpaired) electrons. The molecule has 140 valence electrons. The largest absolute Gasteiger partial charge is 0.349 e. The van der Waals surface area contributed by atoms with Crippen molar-refractivity contribution in [2.75, 3.05) is 5.32 Å². The number of para-hydroxylation sites is 2. The number of hydrogen-bond donors (Lipinski definition) is 1. The van der Waals surface area contributed by atoms with E-state index < -0.39 is 0 Å². The fraction of sp³-hybridized carbons (Fsp3) is 0.208. The predicted octanol–water partition coefficient (Wildman–Crippen LogP) is 6.51. The molecule has 1 aliphatic rings. The highest BCUT2D eigenvalue weighted by Crippen LogP contribution is 2.41. The van der Waals surface area contributed by atoms with Gasteiger partial charge in [-0.2, -0.15) is 0 Å². The van der Waals surface area contributed by atoms with Crippen molar-refractivity contribution in [2.24, 2.45) is 0 Å². The topological polar surface area (TPSA) is 29.9 Å². The van der Waals surface area contributed by atoms with Gasteiger partial charge in [-0.1, -0.05) is 71.4 Å². The van der Waals surface area contributed by atoms with Crippen molar-refractivity contribution in [2.45, 2.75) is 31.8 Å². The van der Waals surface area contributed by atoms with Crippen LogP contribution in [-0.2, 0) is 6.42 Å². The summed E-state index contributed by atoms with van der Waals surface area (Å²) in [6.45, 7) is 2.20. The Hall–Kier alpha value is -2.59. The van der Waals surface area contributed by atoms with Crippen LogP contribution in [0.4, 0.5) is 5.95 Å². The zero-order chi connectivity index (χ0) is 19.1. The minimum atomic E-state index is 0.230. The maximum atomic E-state index is 4.90. The van der Waals surface area contributed by atoms with Crippen LogP contribution < -0.4 is 5.32 Å². The molecule has 0 unspecified atom stereocenters. The van der Waals surface area contributed by atoms with Crippen molar-refractivity contribution < 1.29 is 0 Å². The van der Waals surface area contributed by atoms with Gasteiger partial charge in [-0.05, 0) is 53.8 Å². The van der Waals surface area contributed by atoms with Crippen molar-refractivity contribution >= 4 is 32.9 Å². The second-order valence-electron chi connectivity index (χ2n) is 7.39. The minimum Gasteiger partial charge on any atom is -0.349 e. The molecular formula is C24H22BrN3. The van der Waals surface area contributed by atoms with E-state index in [9.17, 15) is 0 Å². The van der Waals surface area contributed by atoms with Crippen LogP contribution in [0.2, 0.25) is 0 Å². The number of benzene rings is 3. The Bertz CT molecular complexity index is 1110. The second-order valence-corrected chi connectivity index (χ2v) is 8.30. The fourth-order valence-corrected chi connectivity index (χ4v) is 4.44. The van der Waals surface area contributed by atoms with Crippen LogP contribution in [0.15, 0.2) is 77.3 Å². The van der Waals surface area contributed by atoms with Crippen LogP contribution >= 0.6 is 15.9 Å². The van der Waals surface area contributed by atoms with Gasteiger partial charge in [0.15, 0.2) is 0 Å². The molecule has 0 amide bonds. The van der Waals surface area contributed by atoms with Crippen molar-refractivity contribution in [1.29, 1.82) is 0 Å². The molecule has 0 aliphatic carbocycles. The first-order valence-electron chi connectivity index (χ1n) is 9.80. The molecule has 0 spiro atoms. The van der Waals surface area contributed by atoms with Crippen LogP contribution in [0.25, 0.3) is 11.0 Å². The molecule has 2 atom stereocenters. The standard InChI is InChI=1S/C24H22BrN3/c1-2-16-7-9-18(10-8-16)23-15-21(17-11-13-19(25)14-12-17)27-24-26-20-5-3-4-6-22(20)28(23)24/h3-14,21,23H,2,15H2,1H3,(H,26,27)/t21-,23-/m1/s1. The first-order chi connectivity index (χ1) is 13.7. The van der Waals surface area contributed by atoms with Gasteiger partial charge in [-0.15, -0.1) is 0 Å². The molecule has 4 aromatic rings. The van der Waals surface area contributed by atoms with E-state index in [1.54, 1.807) is 0 Å². The zero-order valence-corrected chi connectivity index (χ0v) is 17.4. The third kappa shape index (κ3) is 3.02. The first-order valence-corrected chi connectivity index (χ1v) is 10.6. The van der Waals surface area contributed by atoms with Gasteiger partial charge in [0.2, 0.25) is 5.95 Å². The van der Waals surface area contributed by atoms with Gasteiger partial charge in [0.25, 0.3) is 0 Å². The summed E-state index contributed by atoms with van der Waals surface area (Å²) in [7, 11) is 0. The lowest BCUT2D eigenvalue weighted by molar-refractivity contribution is 0.477. The molecule has 0 saturated carbocycles. The smallest absolute Gasteiger partial charge is 0.204 e. The number of hydrogen-bond acceptors (Lipinski definition) is 2. The molecule has 0 bridgehead atoms. The quantitative estimate of drug-likeness (QED) is 0.400. The Balaban J connectivity index is 1.63. The summed E-state index contributed by atoms with van der Waals surface area (Å²) in [4.78, 5) is 4.90. The Labute approximate surface area is 173 Å². The number of nitrogens with one attached hydrogen (secondary N) is 1. The molecule has 0 fully saturated rings. The van der Waals surface area contributed by atoms with E-state index in [1.807, 2.05) is 0 Å². The number of nitrogens with zero attached hydrogens (tertiary/aromatic N) is 2. The molecular weight excluding hydrogens is 410 g/mol. The molecule has 1 aromatic heterocycles. The molecule has 5 rings (SSSR count). The van der Waals surface area contributed by atoms with Gasteiger partial charge in [-0.25, -0.2) is 4.98 Å². The SMILES string of the molecule is CCc1ccc([C@H]2C[C@H](c3ccc(Br)cc3)Nc3nc4ccccc4n32)cc1. The van der Waals surface area contributed by atoms with E-state index >= 15 is 0 Å². The van der Waals surface area contributed by atoms with Gasteiger partial charge in [0.05, 0.1) is 23.1 Å². The highest BCUT2D eigenvalue weighted by molar-refractivity contribution is 9.10. The summed E-state index contributed by atoms with van der Waals surface area (Å²) in [5, 5.41) is 3.68. The third-order valence-corrected chi connectivity index (χ3v) is 6.24. The number of anilines is 1. The first kappa shape index (κ1) is 17.5. The van der Waals surface area contributed by atoms with Crippen molar-refractivity contribution in [3.63, 3.8) is 0 Å². The Morgan fingerprint density at radius 2 is 1.68 bits per heavy atom. The van der Waals surface area contributed by atoms with Gasteiger partial charge in [-0.3, -0.25) is 0 Å². The van der Waals surface area contributed by atoms with E-state index in [0.717, 1.165) is 28.8 Å². The highest BCUT2D eigenvalue weighted by atomic mass is 79.9. The molecule has 4 heteroatoms. The third-order valence-electron chi connectivity index (χ3n) is 5.71. The molecule has 1 aliphatic heterocycles. The van der Waals surface area contributed by atoms with Crippen LogP contribution in [0.1, 0.15) is 42.1 Å². The fourth-order valence-electron chi connectivity index (χ4n) is 4.18. The van der Waals surface area contributed by atoms with Crippen LogP contribution in [0.5, 0.6) is 0 Å². The lowest BCUT2D eigenvalue weighted by atomic mass is 9.92.